The van der Waals surface area contributed by atoms with Gasteiger partial charge in [0.1, 0.15) is 11.0 Å². The molecule has 0 aliphatic heterocycles. The Morgan fingerprint density at radius 1 is 1.36 bits per heavy atom. The Kier molecular flexibility index (Phi) is 6.95. The Bertz CT molecular complexity index is 787. The number of ether oxygens (including phenoxy) is 2. The summed E-state index contributed by atoms with van der Waals surface area (Å²) in [5.41, 5.74) is 0.390. The predicted molar refractivity (Wildman–Crippen MR) is 98.4 cm³/mol. The first kappa shape index (κ1) is 19.8. The number of benzene rings is 1. The molecule has 6 nitrogen and oxygen atoms in total. The third-order valence-electron chi connectivity index (χ3n) is 3.44. The third kappa shape index (κ3) is 4.78. The molecule has 1 aromatic heterocycles. The number of nitrogens with one attached hydrogen (secondary N) is 1. The Hall–Kier alpha value is -1.48. The standard InChI is InChI=1S/C16H18BrClFN3O3/c1-9-4-11(17)14(12(19)5-9)21-15-16(23)22(6-13(18)20-15)10(7-24-2)8-25-3/h4-6,10H,7-8H2,1-3H3,(H,20,21). The molecule has 0 bridgehead atoms. The zero-order valence-corrected chi connectivity index (χ0v) is 16.3. The summed E-state index contributed by atoms with van der Waals surface area (Å²) in [6.07, 6.45) is 1.40. The number of rotatable bonds is 7. The van der Waals surface area contributed by atoms with Crippen molar-refractivity contribution in [2.24, 2.45) is 0 Å². The molecule has 2 aromatic rings. The first-order chi connectivity index (χ1) is 11.9. The summed E-state index contributed by atoms with van der Waals surface area (Å²) in [6.45, 7) is 2.26. The monoisotopic (exact) mass is 433 g/mol. The van der Waals surface area contributed by atoms with E-state index in [2.05, 4.69) is 26.2 Å². The second-order valence-electron chi connectivity index (χ2n) is 5.42. The van der Waals surface area contributed by atoms with Crippen LogP contribution >= 0.6 is 27.5 Å². The molecule has 1 aromatic carbocycles. The molecule has 0 aliphatic carbocycles. The number of methoxy groups -OCH3 is 2. The molecule has 9 heteroatoms. The summed E-state index contributed by atoms with van der Waals surface area (Å²) in [6, 6.07) is 2.69. The molecule has 0 atom stereocenters. The molecule has 1 N–H and O–H groups in total. The van der Waals surface area contributed by atoms with E-state index >= 15 is 0 Å². The summed E-state index contributed by atoms with van der Waals surface area (Å²) in [5.74, 6) is -0.599. The van der Waals surface area contributed by atoms with Crippen LogP contribution in [0.4, 0.5) is 15.9 Å². The number of hydrogen-bond donors (Lipinski definition) is 1. The molecule has 1 heterocycles. The third-order valence-corrected chi connectivity index (χ3v) is 4.25. The van der Waals surface area contributed by atoms with Gasteiger partial charge in [-0.15, -0.1) is 0 Å². The van der Waals surface area contributed by atoms with Gasteiger partial charge < -0.3 is 19.4 Å². The first-order valence-corrected chi connectivity index (χ1v) is 8.53. The van der Waals surface area contributed by atoms with E-state index < -0.39 is 17.4 Å². The van der Waals surface area contributed by atoms with Crippen LogP contribution in [-0.2, 0) is 9.47 Å². The van der Waals surface area contributed by atoms with E-state index in [-0.39, 0.29) is 29.9 Å². The smallest absolute Gasteiger partial charge is 0.294 e. The maximum atomic E-state index is 14.2. The number of hydrogen-bond acceptors (Lipinski definition) is 5. The molecule has 2 rings (SSSR count). The second-order valence-corrected chi connectivity index (χ2v) is 6.66. The summed E-state index contributed by atoms with van der Waals surface area (Å²) in [5, 5.41) is 2.81. The maximum Gasteiger partial charge on any atom is 0.294 e. The lowest BCUT2D eigenvalue weighted by molar-refractivity contribution is 0.0879. The van der Waals surface area contributed by atoms with Crippen LogP contribution in [0.5, 0.6) is 0 Å². The largest absolute Gasteiger partial charge is 0.382 e. The molecule has 25 heavy (non-hydrogen) atoms. The number of halogens is 3. The van der Waals surface area contributed by atoms with E-state index in [1.165, 1.54) is 31.0 Å². The molecule has 0 amide bonds. The van der Waals surface area contributed by atoms with Crippen molar-refractivity contribution in [3.63, 3.8) is 0 Å². The Morgan fingerprint density at radius 2 is 2.00 bits per heavy atom. The number of anilines is 2. The highest BCUT2D eigenvalue weighted by Gasteiger charge is 2.18. The normalized spacial score (nSPS) is 11.2. The lowest BCUT2D eigenvalue weighted by Gasteiger charge is -2.19. The van der Waals surface area contributed by atoms with Crippen LogP contribution in [0.3, 0.4) is 0 Å². The van der Waals surface area contributed by atoms with Crippen molar-refractivity contribution in [3.05, 3.63) is 49.7 Å². The fourth-order valence-corrected chi connectivity index (χ4v) is 3.20. The summed E-state index contributed by atoms with van der Waals surface area (Å²) in [4.78, 5) is 16.7. The molecule has 0 saturated carbocycles. The molecule has 0 aliphatic rings. The summed E-state index contributed by atoms with van der Waals surface area (Å²) in [7, 11) is 3.04. The topological polar surface area (TPSA) is 65.4 Å². The van der Waals surface area contributed by atoms with Crippen LogP contribution in [0.2, 0.25) is 5.15 Å². The Labute approximate surface area is 158 Å². The number of aromatic nitrogens is 2. The first-order valence-electron chi connectivity index (χ1n) is 7.36. The van der Waals surface area contributed by atoms with Crippen LogP contribution in [-0.4, -0.2) is 37.0 Å². The molecule has 0 fully saturated rings. The molecule has 136 valence electrons. The van der Waals surface area contributed by atoms with Gasteiger partial charge in [-0.05, 0) is 40.5 Å². The molecule has 0 unspecified atom stereocenters. The van der Waals surface area contributed by atoms with E-state index in [1.807, 2.05) is 0 Å². The molecule has 0 spiro atoms. The van der Waals surface area contributed by atoms with Gasteiger partial charge >= 0.3 is 0 Å². The average Bonchev–Trinajstić information content (AvgIpc) is 2.53. The summed E-state index contributed by atoms with van der Waals surface area (Å²) < 4.78 is 26.3. The Balaban J connectivity index is 2.48. The average molecular weight is 435 g/mol. The minimum Gasteiger partial charge on any atom is -0.382 e. The van der Waals surface area contributed by atoms with E-state index in [9.17, 15) is 9.18 Å². The van der Waals surface area contributed by atoms with Crippen molar-refractivity contribution in [2.75, 3.05) is 32.8 Å². The molecular weight excluding hydrogens is 417 g/mol. The minimum absolute atomic E-state index is 0.0861. The molecule has 0 saturated heterocycles. The van der Waals surface area contributed by atoms with Crippen molar-refractivity contribution in [1.82, 2.24) is 9.55 Å². The Morgan fingerprint density at radius 3 is 2.56 bits per heavy atom. The predicted octanol–water partition coefficient (Wildman–Crippen LogP) is 3.68. The van der Waals surface area contributed by atoms with Crippen molar-refractivity contribution in [3.8, 4) is 0 Å². The van der Waals surface area contributed by atoms with Gasteiger partial charge in [0.2, 0.25) is 0 Å². The van der Waals surface area contributed by atoms with Crippen LogP contribution in [0.15, 0.2) is 27.6 Å². The highest BCUT2D eigenvalue weighted by Crippen LogP contribution is 2.29. The van der Waals surface area contributed by atoms with Crippen LogP contribution in [0.1, 0.15) is 11.6 Å². The highest BCUT2D eigenvalue weighted by molar-refractivity contribution is 9.10. The zero-order valence-electron chi connectivity index (χ0n) is 14.0. The van der Waals surface area contributed by atoms with E-state index in [4.69, 9.17) is 21.1 Å². The lowest BCUT2D eigenvalue weighted by atomic mass is 10.2. The summed E-state index contributed by atoms with van der Waals surface area (Å²) >= 11 is 9.32. The van der Waals surface area contributed by atoms with Crippen LogP contribution in [0, 0.1) is 12.7 Å². The SMILES string of the molecule is COCC(COC)n1cc(Cl)nc(Nc2c(F)cc(C)cc2Br)c1=O. The van der Waals surface area contributed by atoms with Gasteiger partial charge in [0, 0.05) is 24.9 Å². The van der Waals surface area contributed by atoms with E-state index in [1.54, 1.807) is 13.0 Å². The highest BCUT2D eigenvalue weighted by atomic mass is 79.9. The van der Waals surface area contributed by atoms with Gasteiger partial charge in [-0.2, -0.15) is 0 Å². The molecule has 0 radical (unpaired) electrons. The fourth-order valence-electron chi connectivity index (χ4n) is 2.36. The zero-order chi connectivity index (χ0) is 18.6. The van der Waals surface area contributed by atoms with Crippen LogP contribution in [0.25, 0.3) is 0 Å². The number of nitrogens with zero attached hydrogens (tertiary/aromatic N) is 2. The maximum absolute atomic E-state index is 14.2. The second kappa shape index (κ2) is 8.75. The van der Waals surface area contributed by atoms with Crippen molar-refractivity contribution < 1.29 is 13.9 Å². The lowest BCUT2D eigenvalue weighted by Crippen LogP contribution is -2.32. The quantitative estimate of drug-likeness (QED) is 0.720. The van der Waals surface area contributed by atoms with Crippen molar-refractivity contribution in [1.29, 1.82) is 0 Å². The van der Waals surface area contributed by atoms with Crippen LogP contribution < -0.4 is 10.9 Å². The van der Waals surface area contributed by atoms with Crippen molar-refractivity contribution in [2.45, 2.75) is 13.0 Å². The van der Waals surface area contributed by atoms with Gasteiger partial charge in [0.25, 0.3) is 5.56 Å². The fraction of sp³-hybridized carbons (Fsp3) is 0.375. The van der Waals surface area contributed by atoms with Gasteiger partial charge in [0.05, 0.1) is 24.9 Å². The van der Waals surface area contributed by atoms with E-state index in [0.29, 0.717) is 4.47 Å². The van der Waals surface area contributed by atoms with Gasteiger partial charge in [-0.3, -0.25) is 4.79 Å². The minimum atomic E-state index is -0.509. The van der Waals surface area contributed by atoms with Gasteiger partial charge in [-0.1, -0.05) is 11.6 Å². The molecular formula is C16H18BrClFN3O3. The van der Waals surface area contributed by atoms with Crippen molar-refractivity contribution >= 4 is 39.0 Å². The number of aryl methyl sites for hydroxylation is 1. The van der Waals surface area contributed by atoms with E-state index in [0.717, 1.165) is 5.56 Å². The van der Waals surface area contributed by atoms with Gasteiger partial charge in [0.15, 0.2) is 5.82 Å². The van der Waals surface area contributed by atoms with Gasteiger partial charge in [-0.25, -0.2) is 9.37 Å².